The van der Waals surface area contributed by atoms with E-state index in [2.05, 4.69) is 16.6 Å². The number of nitrogens with one attached hydrogen (secondary N) is 1. The van der Waals surface area contributed by atoms with Crippen LogP contribution in [0.3, 0.4) is 0 Å². The standard InChI is InChI=1S/C18H21N3O3S/c22-16(23)12-15-17(24)21(14-10-6-3-7-11-14)18(25-15)20-19-13-8-4-1-2-5-9-13/h3,6-8,10-11,15,19H,1-2,4-5,9,12H2,(H,22,23)/b20-18-/t15-/m1/s1. The lowest BCUT2D eigenvalue weighted by Crippen LogP contribution is -2.33. The van der Waals surface area contributed by atoms with Crippen molar-refractivity contribution in [2.45, 2.75) is 43.8 Å². The van der Waals surface area contributed by atoms with Crippen molar-refractivity contribution in [1.29, 1.82) is 0 Å². The third-order valence-corrected chi connectivity index (χ3v) is 5.28. The highest BCUT2D eigenvalue weighted by molar-refractivity contribution is 8.16. The van der Waals surface area contributed by atoms with Gasteiger partial charge in [-0.3, -0.25) is 19.9 Å². The Hall–Kier alpha value is -2.28. The molecular formula is C18H21N3O3S. The zero-order valence-corrected chi connectivity index (χ0v) is 14.7. The van der Waals surface area contributed by atoms with E-state index in [0.29, 0.717) is 10.9 Å². The number of rotatable bonds is 5. The van der Waals surface area contributed by atoms with Crippen molar-refractivity contribution in [3.05, 3.63) is 42.1 Å². The molecule has 0 saturated carbocycles. The first kappa shape index (κ1) is 17.5. The molecule has 1 aliphatic carbocycles. The maximum absolute atomic E-state index is 12.7. The Balaban J connectivity index is 1.83. The third kappa shape index (κ3) is 4.42. The number of benzene rings is 1. The lowest BCUT2D eigenvalue weighted by atomic mass is 10.2. The summed E-state index contributed by atoms with van der Waals surface area (Å²) in [7, 11) is 0. The number of amides is 1. The number of carbonyl (C=O) groups excluding carboxylic acids is 1. The summed E-state index contributed by atoms with van der Waals surface area (Å²) < 4.78 is 0. The van der Waals surface area contributed by atoms with Crippen LogP contribution in [0.4, 0.5) is 5.69 Å². The highest BCUT2D eigenvalue weighted by Gasteiger charge is 2.40. The van der Waals surface area contributed by atoms with E-state index in [1.807, 2.05) is 30.3 Å². The van der Waals surface area contributed by atoms with Crippen LogP contribution in [0.15, 0.2) is 47.2 Å². The molecule has 1 fully saturated rings. The number of nitrogens with zero attached hydrogens (tertiary/aromatic N) is 2. The molecule has 1 saturated heterocycles. The summed E-state index contributed by atoms with van der Waals surface area (Å²) in [4.78, 5) is 25.2. The zero-order valence-electron chi connectivity index (χ0n) is 13.9. The van der Waals surface area contributed by atoms with Crippen LogP contribution in [0.1, 0.15) is 38.5 Å². The van der Waals surface area contributed by atoms with Crippen LogP contribution < -0.4 is 10.3 Å². The number of anilines is 1. The van der Waals surface area contributed by atoms with Gasteiger partial charge in [0.05, 0.1) is 12.1 Å². The maximum Gasteiger partial charge on any atom is 0.305 e. The Bertz CT molecular complexity index is 703. The first-order valence-electron chi connectivity index (χ1n) is 8.45. The second kappa shape index (κ2) is 8.20. The number of hydrogen-bond acceptors (Lipinski definition) is 5. The Kier molecular flexibility index (Phi) is 5.75. The van der Waals surface area contributed by atoms with E-state index >= 15 is 0 Å². The van der Waals surface area contributed by atoms with Gasteiger partial charge in [0.2, 0.25) is 5.91 Å². The van der Waals surface area contributed by atoms with Crippen molar-refractivity contribution < 1.29 is 14.7 Å². The van der Waals surface area contributed by atoms with Crippen LogP contribution in [0.25, 0.3) is 0 Å². The fraction of sp³-hybridized carbons (Fsp3) is 0.389. The van der Waals surface area contributed by atoms with Crippen molar-refractivity contribution in [3.63, 3.8) is 0 Å². The number of carboxylic acids is 1. The van der Waals surface area contributed by atoms with Crippen LogP contribution >= 0.6 is 11.8 Å². The van der Waals surface area contributed by atoms with Crippen molar-refractivity contribution in [2.75, 3.05) is 4.90 Å². The number of thioether (sulfide) groups is 1. The van der Waals surface area contributed by atoms with E-state index in [1.54, 1.807) is 0 Å². The SMILES string of the molecule is O=C(O)C[C@H]1S/C(=N\NC2=CCCCCC2)N(c2ccccc2)C1=O. The van der Waals surface area contributed by atoms with Crippen LogP contribution in [-0.2, 0) is 9.59 Å². The second-order valence-electron chi connectivity index (χ2n) is 6.05. The summed E-state index contributed by atoms with van der Waals surface area (Å²) in [6, 6.07) is 9.20. The van der Waals surface area contributed by atoms with Gasteiger partial charge in [0.15, 0.2) is 5.17 Å². The number of hydrazone groups is 1. The highest BCUT2D eigenvalue weighted by Crippen LogP contribution is 2.33. The molecule has 1 atom stereocenters. The molecule has 0 radical (unpaired) electrons. The number of aliphatic carboxylic acids is 1. The average molecular weight is 359 g/mol. The minimum Gasteiger partial charge on any atom is -0.481 e. The summed E-state index contributed by atoms with van der Waals surface area (Å²) >= 11 is 1.20. The molecule has 1 aliphatic heterocycles. The van der Waals surface area contributed by atoms with Crippen LogP contribution in [0.5, 0.6) is 0 Å². The summed E-state index contributed by atoms with van der Waals surface area (Å²) in [6.07, 6.45) is 7.44. The molecule has 1 aromatic carbocycles. The quantitative estimate of drug-likeness (QED) is 0.788. The normalized spacial score (nSPS) is 22.6. The molecule has 1 amide bonds. The third-order valence-electron chi connectivity index (χ3n) is 4.15. The minimum atomic E-state index is -0.987. The molecule has 1 heterocycles. The van der Waals surface area contributed by atoms with Crippen LogP contribution in [-0.4, -0.2) is 27.4 Å². The van der Waals surface area contributed by atoms with E-state index in [9.17, 15) is 9.59 Å². The second-order valence-corrected chi connectivity index (χ2v) is 7.22. The average Bonchev–Trinajstić information content (AvgIpc) is 2.78. The summed E-state index contributed by atoms with van der Waals surface area (Å²) in [5, 5.41) is 13.3. The van der Waals surface area contributed by atoms with E-state index in [-0.39, 0.29) is 12.3 Å². The lowest BCUT2D eigenvalue weighted by molar-refractivity contribution is -0.138. The van der Waals surface area contributed by atoms with E-state index in [4.69, 9.17) is 5.11 Å². The first-order chi connectivity index (χ1) is 12.1. The summed E-state index contributed by atoms with van der Waals surface area (Å²) in [5.74, 6) is -1.23. The number of allylic oxidation sites excluding steroid dienone is 2. The maximum atomic E-state index is 12.7. The van der Waals surface area contributed by atoms with Crippen molar-refractivity contribution in [3.8, 4) is 0 Å². The predicted molar refractivity (Wildman–Crippen MR) is 99.3 cm³/mol. The first-order valence-corrected chi connectivity index (χ1v) is 9.33. The molecule has 0 unspecified atom stereocenters. The minimum absolute atomic E-state index is 0.214. The summed E-state index contributed by atoms with van der Waals surface area (Å²) in [6.45, 7) is 0. The van der Waals surface area contributed by atoms with Gasteiger partial charge >= 0.3 is 5.97 Å². The van der Waals surface area contributed by atoms with Crippen molar-refractivity contribution >= 4 is 34.5 Å². The number of carboxylic acid groups (broad SMARTS) is 1. The molecule has 25 heavy (non-hydrogen) atoms. The van der Waals surface area contributed by atoms with Gasteiger partial charge in [0, 0.05) is 5.70 Å². The van der Waals surface area contributed by atoms with Gasteiger partial charge in [-0.25, -0.2) is 0 Å². The lowest BCUT2D eigenvalue weighted by Gasteiger charge is -2.16. The molecule has 132 valence electrons. The zero-order chi connectivity index (χ0) is 17.6. The number of amidine groups is 1. The van der Waals surface area contributed by atoms with Crippen molar-refractivity contribution in [2.24, 2.45) is 5.10 Å². The molecule has 6 nitrogen and oxygen atoms in total. The molecule has 1 aromatic rings. The van der Waals surface area contributed by atoms with Gasteiger partial charge in [-0.1, -0.05) is 42.5 Å². The fourth-order valence-corrected chi connectivity index (χ4v) is 3.97. The van der Waals surface area contributed by atoms with E-state index in [0.717, 1.165) is 25.0 Å². The summed E-state index contributed by atoms with van der Waals surface area (Å²) in [5.41, 5.74) is 4.84. The number of hydrogen-bond donors (Lipinski definition) is 2. The fourth-order valence-electron chi connectivity index (χ4n) is 2.88. The highest BCUT2D eigenvalue weighted by atomic mass is 32.2. The monoisotopic (exact) mass is 359 g/mol. The number of carbonyl (C=O) groups is 2. The van der Waals surface area contributed by atoms with Crippen LogP contribution in [0.2, 0.25) is 0 Å². The Morgan fingerprint density at radius 1 is 1.28 bits per heavy atom. The molecular weight excluding hydrogens is 338 g/mol. The molecule has 0 spiro atoms. The Labute approximate surface area is 151 Å². The van der Waals surface area contributed by atoms with Gasteiger partial charge < -0.3 is 5.11 Å². The molecule has 2 N–H and O–H groups in total. The van der Waals surface area contributed by atoms with E-state index in [1.165, 1.54) is 29.5 Å². The molecule has 3 rings (SSSR count). The molecule has 2 aliphatic rings. The van der Waals surface area contributed by atoms with Gasteiger partial charge in [0.25, 0.3) is 0 Å². The smallest absolute Gasteiger partial charge is 0.305 e. The van der Waals surface area contributed by atoms with Gasteiger partial charge in [-0.15, -0.1) is 5.10 Å². The Morgan fingerprint density at radius 2 is 2.08 bits per heavy atom. The predicted octanol–water partition coefficient (Wildman–Crippen LogP) is 3.32. The van der Waals surface area contributed by atoms with Gasteiger partial charge in [-0.2, -0.15) is 0 Å². The van der Waals surface area contributed by atoms with Crippen molar-refractivity contribution in [1.82, 2.24) is 5.43 Å². The number of para-hydroxylation sites is 1. The van der Waals surface area contributed by atoms with E-state index < -0.39 is 11.2 Å². The van der Waals surface area contributed by atoms with Crippen LogP contribution in [0, 0.1) is 0 Å². The molecule has 0 bridgehead atoms. The molecule has 0 aromatic heterocycles. The topological polar surface area (TPSA) is 82.0 Å². The van der Waals surface area contributed by atoms with Gasteiger partial charge in [0.1, 0.15) is 5.25 Å². The molecule has 7 heteroatoms. The van der Waals surface area contributed by atoms with Gasteiger partial charge in [-0.05, 0) is 37.8 Å². The largest absolute Gasteiger partial charge is 0.481 e. The Morgan fingerprint density at radius 3 is 2.84 bits per heavy atom.